The van der Waals surface area contributed by atoms with E-state index in [1.54, 1.807) is 10.8 Å². The minimum atomic E-state index is -0.0133. The number of fused-ring (bicyclic) bond motifs is 1. The molecular formula is C23H25N5O. The van der Waals surface area contributed by atoms with Crippen LogP contribution in [0.2, 0.25) is 0 Å². The molecule has 1 fully saturated rings. The number of hydrogen-bond donors (Lipinski definition) is 1. The predicted molar refractivity (Wildman–Crippen MR) is 115 cm³/mol. The lowest BCUT2D eigenvalue weighted by atomic mass is 9.91. The fourth-order valence-electron chi connectivity index (χ4n) is 4.60. The Bertz CT molecular complexity index is 1170. The molecule has 1 aliphatic heterocycles. The van der Waals surface area contributed by atoms with E-state index in [0.717, 1.165) is 29.6 Å². The van der Waals surface area contributed by atoms with E-state index in [4.69, 9.17) is 0 Å². The van der Waals surface area contributed by atoms with Crippen molar-refractivity contribution in [3.63, 3.8) is 0 Å². The van der Waals surface area contributed by atoms with Gasteiger partial charge in [-0.1, -0.05) is 36.8 Å². The standard InChI is InChI=1S/C23H25N5O/c1-26-12-6-5-9-21(26)22(17-7-3-2-4-8-17)28-14-13-27(23(28)29)19-10-11-20-18(15-19)16-24-25-20/h2-4,7-8,10-11,13-16,21-22H,5-6,9,12H2,1H3,(H,24,25). The molecule has 0 amide bonds. The van der Waals surface area contributed by atoms with Gasteiger partial charge in [-0.05, 0) is 50.2 Å². The highest BCUT2D eigenvalue weighted by Gasteiger charge is 2.31. The van der Waals surface area contributed by atoms with Gasteiger partial charge in [0.25, 0.3) is 0 Å². The lowest BCUT2D eigenvalue weighted by molar-refractivity contribution is 0.145. The molecule has 0 bridgehead atoms. The van der Waals surface area contributed by atoms with Crippen LogP contribution in [0, 0.1) is 0 Å². The van der Waals surface area contributed by atoms with Crippen molar-refractivity contribution in [3.05, 3.63) is 83.2 Å². The second-order valence-corrected chi connectivity index (χ2v) is 7.90. The van der Waals surface area contributed by atoms with Gasteiger partial charge in [0, 0.05) is 23.8 Å². The first-order chi connectivity index (χ1) is 14.2. The summed E-state index contributed by atoms with van der Waals surface area (Å²) in [6, 6.07) is 16.6. The second kappa shape index (κ2) is 7.37. The summed E-state index contributed by atoms with van der Waals surface area (Å²) in [4.78, 5) is 15.9. The second-order valence-electron chi connectivity index (χ2n) is 7.90. The third kappa shape index (κ3) is 3.19. The Hall–Kier alpha value is -3.12. The molecule has 4 aromatic rings. The molecule has 0 saturated carbocycles. The van der Waals surface area contributed by atoms with Gasteiger partial charge in [-0.3, -0.25) is 14.2 Å². The van der Waals surface area contributed by atoms with Crippen molar-refractivity contribution in [1.29, 1.82) is 0 Å². The van der Waals surface area contributed by atoms with Crippen LogP contribution in [0.25, 0.3) is 16.6 Å². The van der Waals surface area contributed by atoms with Crippen molar-refractivity contribution in [1.82, 2.24) is 24.2 Å². The van der Waals surface area contributed by atoms with Crippen molar-refractivity contribution in [2.75, 3.05) is 13.6 Å². The molecule has 2 aromatic heterocycles. The molecule has 0 aliphatic carbocycles. The molecule has 29 heavy (non-hydrogen) atoms. The van der Waals surface area contributed by atoms with E-state index >= 15 is 0 Å². The van der Waals surface area contributed by atoms with Gasteiger partial charge in [-0.2, -0.15) is 5.10 Å². The van der Waals surface area contributed by atoms with Gasteiger partial charge in [0.2, 0.25) is 0 Å². The fourth-order valence-corrected chi connectivity index (χ4v) is 4.60. The topological polar surface area (TPSA) is 58.9 Å². The Morgan fingerprint density at radius 2 is 1.97 bits per heavy atom. The van der Waals surface area contributed by atoms with Crippen molar-refractivity contribution in [2.45, 2.75) is 31.3 Å². The molecule has 5 rings (SSSR count). The average Bonchev–Trinajstić information content (AvgIpc) is 3.37. The number of nitrogens with zero attached hydrogens (tertiary/aromatic N) is 4. The molecule has 2 atom stereocenters. The molecule has 6 nitrogen and oxygen atoms in total. The molecule has 1 N–H and O–H groups in total. The van der Waals surface area contributed by atoms with Gasteiger partial charge in [-0.15, -0.1) is 0 Å². The zero-order valence-electron chi connectivity index (χ0n) is 16.5. The van der Waals surface area contributed by atoms with Crippen molar-refractivity contribution in [2.24, 2.45) is 0 Å². The minimum Gasteiger partial charge on any atom is -0.301 e. The number of imidazole rings is 1. The van der Waals surface area contributed by atoms with Crippen molar-refractivity contribution in [3.8, 4) is 5.69 Å². The van der Waals surface area contributed by atoms with E-state index < -0.39 is 0 Å². The van der Waals surface area contributed by atoms with Crippen LogP contribution < -0.4 is 5.69 Å². The first-order valence-electron chi connectivity index (χ1n) is 10.2. The number of rotatable bonds is 4. The monoisotopic (exact) mass is 387 g/mol. The molecule has 2 unspecified atom stereocenters. The van der Waals surface area contributed by atoms with Gasteiger partial charge < -0.3 is 4.90 Å². The Balaban J connectivity index is 1.60. The Morgan fingerprint density at radius 1 is 1.10 bits per heavy atom. The van der Waals surface area contributed by atoms with Gasteiger partial charge in [0.05, 0.1) is 23.4 Å². The largest absolute Gasteiger partial charge is 0.333 e. The summed E-state index contributed by atoms with van der Waals surface area (Å²) in [6.07, 6.45) is 9.10. The molecule has 0 spiro atoms. The number of likely N-dealkylation sites (N-methyl/N-ethyl adjacent to an activating group) is 1. The summed E-state index contributed by atoms with van der Waals surface area (Å²) in [6.45, 7) is 1.07. The van der Waals surface area contributed by atoms with E-state index in [1.165, 1.54) is 18.4 Å². The van der Waals surface area contributed by atoms with E-state index in [2.05, 4.69) is 46.4 Å². The number of H-pyrrole nitrogens is 1. The quantitative estimate of drug-likeness (QED) is 0.582. The number of piperidine rings is 1. The van der Waals surface area contributed by atoms with Crippen LogP contribution in [-0.4, -0.2) is 43.9 Å². The van der Waals surface area contributed by atoms with Gasteiger partial charge in [-0.25, -0.2) is 4.79 Å². The third-order valence-corrected chi connectivity index (χ3v) is 6.14. The minimum absolute atomic E-state index is 0.00657. The van der Waals surface area contributed by atoms with Crippen LogP contribution in [0.3, 0.4) is 0 Å². The lowest BCUT2D eigenvalue weighted by Gasteiger charge is -2.38. The first-order valence-corrected chi connectivity index (χ1v) is 10.2. The zero-order valence-corrected chi connectivity index (χ0v) is 16.5. The lowest BCUT2D eigenvalue weighted by Crippen LogP contribution is -2.45. The summed E-state index contributed by atoms with van der Waals surface area (Å²) in [5, 5.41) is 8.03. The number of likely N-dealkylation sites (tertiary alicyclic amines) is 1. The maximum Gasteiger partial charge on any atom is 0.333 e. The zero-order chi connectivity index (χ0) is 19.8. The highest BCUT2D eigenvalue weighted by atomic mass is 16.1. The van der Waals surface area contributed by atoms with E-state index in [9.17, 15) is 4.79 Å². The van der Waals surface area contributed by atoms with Crippen LogP contribution in [-0.2, 0) is 0 Å². The van der Waals surface area contributed by atoms with Crippen LogP contribution in [0.5, 0.6) is 0 Å². The van der Waals surface area contributed by atoms with Crippen LogP contribution in [0.15, 0.2) is 71.9 Å². The number of hydrogen-bond acceptors (Lipinski definition) is 3. The third-order valence-electron chi connectivity index (χ3n) is 6.14. The molecule has 148 valence electrons. The van der Waals surface area contributed by atoms with Gasteiger partial charge >= 0.3 is 5.69 Å². The SMILES string of the molecule is CN1CCCCC1C(c1ccccc1)n1ccn(-c2ccc3[nH]ncc3c2)c1=O. The number of aromatic nitrogens is 4. The van der Waals surface area contributed by atoms with E-state index in [0.29, 0.717) is 6.04 Å². The molecule has 1 saturated heterocycles. The van der Waals surface area contributed by atoms with Crippen LogP contribution in [0.1, 0.15) is 30.9 Å². The smallest absolute Gasteiger partial charge is 0.301 e. The Labute approximate surface area is 169 Å². The van der Waals surface area contributed by atoms with Gasteiger partial charge in [0.15, 0.2) is 0 Å². The normalized spacial score (nSPS) is 18.9. The van der Waals surface area contributed by atoms with Crippen LogP contribution >= 0.6 is 0 Å². The van der Waals surface area contributed by atoms with Gasteiger partial charge in [0.1, 0.15) is 0 Å². The number of benzene rings is 2. The van der Waals surface area contributed by atoms with Crippen molar-refractivity contribution < 1.29 is 0 Å². The predicted octanol–water partition coefficient (Wildman–Crippen LogP) is 3.59. The molecular weight excluding hydrogens is 362 g/mol. The first kappa shape index (κ1) is 17.9. The Kier molecular flexibility index (Phi) is 4.56. The average molecular weight is 387 g/mol. The summed E-state index contributed by atoms with van der Waals surface area (Å²) in [5.74, 6) is 0. The molecule has 3 heterocycles. The van der Waals surface area contributed by atoms with Crippen molar-refractivity contribution >= 4 is 10.9 Å². The molecule has 0 radical (unpaired) electrons. The fraction of sp³-hybridized carbons (Fsp3) is 0.304. The summed E-state index contributed by atoms with van der Waals surface area (Å²) >= 11 is 0. The van der Waals surface area contributed by atoms with E-state index in [-0.39, 0.29) is 11.7 Å². The Morgan fingerprint density at radius 3 is 2.79 bits per heavy atom. The van der Waals surface area contributed by atoms with Crippen LogP contribution in [0.4, 0.5) is 0 Å². The maximum absolute atomic E-state index is 13.5. The highest BCUT2D eigenvalue weighted by molar-refractivity contribution is 5.80. The number of nitrogens with one attached hydrogen (secondary N) is 1. The highest BCUT2D eigenvalue weighted by Crippen LogP contribution is 2.30. The summed E-state index contributed by atoms with van der Waals surface area (Å²) in [7, 11) is 2.18. The summed E-state index contributed by atoms with van der Waals surface area (Å²) < 4.78 is 3.63. The maximum atomic E-state index is 13.5. The molecule has 1 aliphatic rings. The molecule has 6 heteroatoms. The van der Waals surface area contributed by atoms with E-state index in [1.807, 2.05) is 41.2 Å². The molecule has 2 aromatic carbocycles. The summed E-state index contributed by atoms with van der Waals surface area (Å²) in [5.41, 5.74) is 2.98. The number of aromatic amines is 1.